The summed E-state index contributed by atoms with van der Waals surface area (Å²) in [5.74, 6) is -0.404. The van der Waals surface area contributed by atoms with E-state index in [9.17, 15) is 4.79 Å². The van der Waals surface area contributed by atoms with Gasteiger partial charge in [-0.3, -0.25) is 4.79 Å². The van der Waals surface area contributed by atoms with Gasteiger partial charge in [-0.1, -0.05) is 50.3 Å². The molecule has 0 heterocycles. The molecule has 0 saturated heterocycles. The van der Waals surface area contributed by atoms with Crippen LogP contribution in [0.15, 0.2) is 43.0 Å². The van der Waals surface area contributed by atoms with Crippen LogP contribution in [0.3, 0.4) is 0 Å². The quantitative estimate of drug-likeness (QED) is 0.557. The predicted molar refractivity (Wildman–Crippen MR) is 75.7 cm³/mol. The van der Waals surface area contributed by atoms with E-state index in [2.05, 4.69) is 6.58 Å². The van der Waals surface area contributed by atoms with Crippen LogP contribution in [0.2, 0.25) is 0 Å². The largest absolute Gasteiger partial charge is 0.454 e. The van der Waals surface area contributed by atoms with Crippen LogP contribution in [0.5, 0.6) is 0 Å². The third-order valence-electron chi connectivity index (χ3n) is 2.73. The first-order valence-electron chi connectivity index (χ1n) is 6.59. The minimum absolute atomic E-state index is 0.168. The molecule has 3 heteroatoms. The fraction of sp³-hybridized carbons (Fsp3) is 0.438. The van der Waals surface area contributed by atoms with Crippen molar-refractivity contribution in [3.05, 3.63) is 48.6 Å². The molecule has 0 fully saturated rings. The lowest BCUT2D eigenvalue weighted by molar-refractivity contribution is -0.159. The summed E-state index contributed by atoms with van der Waals surface area (Å²) in [7, 11) is 0. The average Bonchev–Trinajstić information content (AvgIpc) is 2.43. The molecule has 0 radical (unpaired) electrons. The second kappa shape index (κ2) is 7.74. The number of carbonyl (C=O) groups excluding carboxylic acids is 1. The minimum Gasteiger partial charge on any atom is -0.454 e. The molecule has 0 spiro atoms. The smallest absolute Gasteiger partial charge is 0.309 e. The van der Waals surface area contributed by atoms with Gasteiger partial charge in [0, 0.05) is 6.61 Å². The van der Waals surface area contributed by atoms with Crippen molar-refractivity contribution in [3.63, 3.8) is 0 Å². The normalized spacial score (nSPS) is 13.9. The van der Waals surface area contributed by atoms with E-state index in [1.807, 2.05) is 51.1 Å². The highest BCUT2D eigenvalue weighted by Crippen LogP contribution is 2.25. The van der Waals surface area contributed by atoms with Gasteiger partial charge in [0.15, 0.2) is 6.10 Å². The summed E-state index contributed by atoms with van der Waals surface area (Å²) in [6.45, 7) is 9.84. The van der Waals surface area contributed by atoms with E-state index in [-0.39, 0.29) is 18.0 Å². The number of carbonyl (C=O) groups is 1. The lowest BCUT2D eigenvalue weighted by Crippen LogP contribution is -2.27. The van der Waals surface area contributed by atoms with Crippen LogP contribution in [0.1, 0.15) is 32.4 Å². The van der Waals surface area contributed by atoms with Crippen molar-refractivity contribution in [2.45, 2.75) is 33.0 Å². The second-order valence-corrected chi connectivity index (χ2v) is 4.58. The molecule has 104 valence electrons. The van der Waals surface area contributed by atoms with E-state index < -0.39 is 6.10 Å². The van der Waals surface area contributed by atoms with Crippen LogP contribution in [0.4, 0.5) is 0 Å². The summed E-state index contributed by atoms with van der Waals surface area (Å²) in [6.07, 6.45) is 0.887. The van der Waals surface area contributed by atoms with E-state index in [1.165, 1.54) is 0 Å². The summed E-state index contributed by atoms with van der Waals surface area (Å²) in [6, 6.07) is 9.60. The van der Waals surface area contributed by atoms with Crippen molar-refractivity contribution in [3.8, 4) is 0 Å². The SMILES string of the molecule is C=CC(OCC)C(OC(=O)C(C)C)c1ccccc1. The first-order valence-corrected chi connectivity index (χ1v) is 6.59. The maximum Gasteiger partial charge on any atom is 0.309 e. The first kappa shape index (κ1) is 15.4. The highest BCUT2D eigenvalue weighted by molar-refractivity contribution is 5.71. The number of hydrogen-bond acceptors (Lipinski definition) is 3. The molecular formula is C16H22O3. The molecule has 2 atom stereocenters. The van der Waals surface area contributed by atoms with E-state index in [0.717, 1.165) is 5.56 Å². The maximum atomic E-state index is 11.8. The Morgan fingerprint density at radius 1 is 1.32 bits per heavy atom. The Bertz CT molecular complexity index is 398. The van der Waals surface area contributed by atoms with Crippen molar-refractivity contribution in [1.29, 1.82) is 0 Å². The Labute approximate surface area is 115 Å². The molecule has 2 unspecified atom stereocenters. The Kier molecular flexibility index (Phi) is 6.30. The van der Waals surface area contributed by atoms with Gasteiger partial charge in [0.05, 0.1) is 5.92 Å². The Balaban J connectivity index is 2.96. The highest BCUT2D eigenvalue weighted by atomic mass is 16.6. The molecule has 0 aliphatic carbocycles. The van der Waals surface area contributed by atoms with Crippen molar-refractivity contribution < 1.29 is 14.3 Å². The fourth-order valence-corrected chi connectivity index (χ4v) is 1.70. The van der Waals surface area contributed by atoms with Crippen LogP contribution < -0.4 is 0 Å². The van der Waals surface area contributed by atoms with Crippen LogP contribution in [0, 0.1) is 5.92 Å². The van der Waals surface area contributed by atoms with E-state index in [4.69, 9.17) is 9.47 Å². The average molecular weight is 262 g/mol. The number of rotatable bonds is 7. The van der Waals surface area contributed by atoms with Crippen molar-refractivity contribution in [2.24, 2.45) is 5.92 Å². The van der Waals surface area contributed by atoms with E-state index >= 15 is 0 Å². The molecular weight excluding hydrogens is 240 g/mol. The number of ether oxygens (including phenoxy) is 2. The van der Waals surface area contributed by atoms with Crippen molar-refractivity contribution in [1.82, 2.24) is 0 Å². The molecule has 1 aromatic rings. The Morgan fingerprint density at radius 3 is 2.42 bits per heavy atom. The number of esters is 1. The topological polar surface area (TPSA) is 35.5 Å². The zero-order valence-corrected chi connectivity index (χ0v) is 11.8. The first-order chi connectivity index (χ1) is 9.10. The van der Waals surface area contributed by atoms with E-state index in [0.29, 0.717) is 6.61 Å². The summed E-state index contributed by atoms with van der Waals surface area (Å²) in [4.78, 5) is 11.8. The van der Waals surface area contributed by atoms with Gasteiger partial charge in [-0.2, -0.15) is 0 Å². The third-order valence-corrected chi connectivity index (χ3v) is 2.73. The van der Waals surface area contributed by atoms with Gasteiger partial charge in [0.2, 0.25) is 0 Å². The molecule has 0 aliphatic heterocycles. The molecule has 0 bridgehead atoms. The zero-order valence-electron chi connectivity index (χ0n) is 11.8. The standard InChI is InChI=1S/C16H22O3/c1-5-14(18-6-2)15(19-16(17)12(3)4)13-10-8-7-9-11-13/h5,7-12,14-15H,1,6H2,2-4H3. The van der Waals surface area contributed by atoms with Gasteiger partial charge in [0.1, 0.15) is 6.10 Å². The van der Waals surface area contributed by atoms with Gasteiger partial charge in [0.25, 0.3) is 0 Å². The van der Waals surface area contributed by atoms with Gasteiger partial charge in [-0.15, -0.1) is 6.58 Å². The Hall–Kier alpha value is -1.61. The fourth-order valence-electron chi connectivity index (χ4n) is 1.70. The lowest BCUT2D eigenvalue weighted by Gasteiger charge is -2.25. The monoisotopic (exact) mass is 262 g/mol. The zero-order chi connectivity index (χ0) is 14.3. The summed E-state index contributed by atoms with van der Waals surface area (Å²) < 4.78 is 11.2. The Morgan fingerprint density at radius 2 is 1.95 bits per heavy atom. The predicted octanol–water partition coefficient (Wildman–Crippen LogP) is 3.52. The summed E-state index contributed by atoms with van der Waals surface area (Å²) >= 11 is 0. The highest BCUT2D eigenvalue weighted by Gasteiger charge is 2.26. The minimum atomic E-state index is -0.450. The molecule has 0 amide bonds. The molecule has 0 N–H and O–H groups in total. The van der Waals surface area contributed by atoms with Gasteiger partial charge in [-0.25, -0.2) is 0 Å². The maximum absolute atomic E-state index is 11.8. The van der Waals surface area contributed by atoms with Crippen molar-refractivity contribution >= 4 is 5.97 Å². The van der Waals surface area contributed by atoms with E-state index in [1.54, 1.807) is 6.08 Å². The second-order valence-electron chi connectivity index (χ2n) is 4.58. The molecule has 19 heavy (non-hydrogen) atoms. The van der Waals surface area contributed by atoms with Gasteiger partial charge >= 0.3 is 5.97 Å². The summed E-state index contributed by atoms with van der Waals surface area (Å²) in [5, 5.41) is 0. The number of hydrogen-bond donors (Lipinski definition) is 0. The van der Waals surface area contributed by atoms with Crippen LogP contribution >= 0.6 is 0 Å². The third kappa shape index (κ3) is 4.52. The summed E-state index contributed by atoms with van der Waals surface area (Å²) in [5.41, 5.74) is 0.912. The van der Waals surface area contributed by atoms with Crippen LogP contribution in [0.25, 0.3) is 0 Å². The molecule has 1 rings (SSSR count). The molecule has 0 saturated carbocycles. The van der Waals surface area contributed by atoms with Crippen molar-refractivity contribution in [2.75, 3.05) is 6.61 Å². The van der Waals surface area contributed by atoms with Crippen LogP contribution in [-0.2, 0) is 14.3 Å². The van der Waals surface area contributed by atoms with Gasteiger partial charge in [-0.05, 0) is 12.5 Å². The molecule has 1 aromatic carbocycles. The molecule has 3 nitrogen and oxygen atoms in total. The lowest BCUT2D eigenvalue weighted by atomic mass is 10.0. The van der Waals surface area contributed by atoms with Gasteiger partial charge < -0.3 is 9.47 Å². The number of benzene rings is 1. The molecule has 0 aromatic heterocycles. The molecule has 0 aliphatic rings. The van der Waals surface area contributed by atoms with Crippen LogP contribution in [-0.4, -0.2) is 18.7 Å².